The van der Waals surface area contributed by atoms with Crippen LogP contribution in [0.2, 0.25) is 0 Å². The molecule has 4 rings (SSSR count). The third-order valence-corrected chi connectivity index (χ3v) is 5.25. The van der Waals surface area contributed by atoms with E-state index in [1.807, 2.05) is 18.2 Å². The van der Waals surface area contributed by atoms with Crippen molar-refractivity contribution in [2.24, 2.45) is 13.0 Å². The number of para-hydroxylation sites is 1. The van der Waals surface area contributed by atoms with Gasteiger partial charge < -0.3 is 15.0 Å². The van der Waals surface area contributed by atoms with Gasteiger partial charge in [0.1, 0.15) is 5.75 Å². The minimum absolute atomic E-state index is 0.182. The lowest BCUT2D eigenvalue weighted by atomic mass is 9.96. The zero-order chi connectivity index (χ0) is 19.0. The monoisotopic (exact) mass is 381 g/mol. The molecular weight excluding hydrogens is 362 g/mol. The molecule has 0 radical (unpaired) electrons. The average molecular weight is 381 g/mol. The Morgan fingerprint density at radius 2 is 2.15 bits per heavy atom. The first kappa shape index (κ1) is 17.5. The Morgan fingerprint density at radius 3 is 3.00 bits per heavy atom. The van der Waals surface area contributed by atoms with E-state index in [2.05, 4.69) is 16.4 Å². The summed E-state index contributed by atoms with van der Waals surface area (Å²) in [4.78, 5) is 27.8. The minimum Gasteiger partial charge on any atom is -0.493 e. The van der Waals surface area contributed by atoms with E-state index >= 15 is 0 Å². The third-order valence-electron chi connectivity index (χ3n) is 4.87. The van der Waals surface area contributed by atoms with Crippen molar-refractivity contribution < 1.29 is 9.53 Å². The van der Waals surface area contributed by atoms with Crippen LogP contribution < -0.4 is 15.6 Å². The second-order valence-corrected chi connectivity index (χ2v) is 7.14. The lowest BCUT2D eigenvalue weighted by molar-refractivity contribution is 0.0939. The average Bonchev–Trinajstić information content (AvgIpc) is 2.69. The van der Waals surface area contributed by atoms with Crippen LogP contribution in [0.3, 0.4) is 0 Å². The van der Waals surface area contributed by atoms with Crippen molar-refractivity contribution in [1.29, 1.82) is 0 Å². The van der Waals surface area contributed by atoms with Crippen LogP contribution in [0, 0.1) is 10.7 Å². The van der Waals surface area contributed by atoms with Crippen LogP contribution in [-0.2, 0) is 13.5 Å². The molecule has 2 aromatic carbocycles. The molecule has 7 heteroatoms. The predicted octanol–water partition coefficient (Wildman–Crippen LogP) is 2.58. The molecular formula is C20H19N3O3S. The fraction of sp³-hybridized carbons (Fsp3) is 0.250. The van der Waals surface area contributed by atoms with Crippen LogP contribution in [0.1, 0.15) is 15.9 Å². The summed E-state index contributed by atoms with van der Waals surface area (Å²) in [6, 6.07) is 12.9. The van der Waals surface area contributed by atoms with Crippen LogP contribution in [0.4, 0.5) is 0 Å². The number of aromatic nitrogens is 2. The first-order chi connectivity index (χ1) is 13.0. The summed E-state index contributed by atoms with van der Waals surface area (Å²) >= 11 is 5.14. The number of carbonyl (C=O) groups excluding carboxylic acids is 1. The number of carbonyl (C=O) groups is 1. The summed E-state index contributed by atoms with van der Waals surface area (Å²) in [5, 5.41) is 3.46. The van der Waals surface area contributed by atoms with Gasteiger partial charge in [-0.3, -0.25) is 14.2 Å². The van der Waals surface area contributed by atoms with Gasteiger partial charge in [-0.05, 0) is 48.5 Å². The largest absolute Gasteiger partial charge is 0.493 e. The van der Waals surface area contributed by atoms with Gasteiger partial charge in [-0.25, -0.2) is 0 Å². The lowest BCUT2D eigenvalue weighted by Gasteiger charge is -2.25. The van der Waals surface area contributed by atoms with Gasteiger partial charge in [0.15, 0.2) is 4.77 Å². The Balaban J connectivity index is 1.48. The SMILES string of the molecule is Cn1c(=S)[nH]c2cc(C(=O)NCC3COc4ccccc4C3)ccc2c1=O. The fourth-order valence-electron chi connectivity index (χ4n) is 3.31. The van der Waals surface area contributed by atoms with Crippen molar-refractivity contribution >= 4 is 29.0 Å². The van der Waals surface area contributed by atoms with Crippen molar-refractivity contribution in [3.05, 3.63) is 68.7 Å². The predicted molar refractivity (Wildman–Crippen MR) is 106 cm³/mol. The molecule has 0 saturated heterocycles. The first-order valence-electron chi connectivity index (χ1n) is 8.75. The number of hydrogen-bond donors (Lipinski definition) is 2. The van der Waals surface area contributed by atoms with Crippen LogP contribution in [0.5, 0.6) is 5.75 Å². The van der Waals surface area contributed by atoms with Gasteiger partial charge in [0.25, 0.3) is 11.5 Å². The Morgan fingerprint density at radius 1 is 1.33 bits per heavy atom. The molecule has 1 amide bonds. The number of fused-ring (bicyclic) bond motifs is 2. The highest BCUT2D eigenvalue weighted by molar-refractivity contribution is 7.71. The molecule has 0 bridgehead atoms. The van der Waals surface area contributed by atoms with E-state index in [1.165, 1.54) is 4.57 Å². The molecule has 1 unspecified atom stereocenters. The molecule has 1 aliphatic heterocycles. The van der Waals surface area contributed by atoms with Crippen LogP contribution in [-0.4, -0.2) is 28.6 Å². The van der Waals surface area contributed by atoms with Gasteiger partial charge in [0, 0.05) is 25.1 Å². The number of rotatable bonds is 3. The molecule has 2 heterocycles. The molecule has 0 spiro atoms. The van der Waals surface area contributed by atoms with Crippen molar-refractivity contribution in [1.82, 2.24) is 14.9 Å². The highest BCUT2D eigenvalue weighted by Crippen LogP contribution is 2.26. The number of nitrogens with one attached hydrogen (secondary N) is 2. The van der Waals surface area contributed by atoms with Gasteiger partial charge in [-0.1, -0.05) is 18.2 Å². The number of amides is 1. The van der Waals surface area contributed by atoms with E-state index in [1.54, 1.807) is 25.2 Å². The molecule has 27 heavy (non-hydrogen) atoms. The first-order valence-corrected chi connectivity index (χ1v) is 9.16. The normalized spacial score (nSPS) is 15.8. The Hall–Kier alpha value is -2.93. The Bertz CT molecular complexity index is 1150. The van der Waals surface area contributed by atoms with E-state index in [-0.39, 0.29) is 17.4 Å². The second-order valence-electron chi connectivity index (χ2n) is 6.75. The van der Waals surface area contributed by atoms with Crippen LogP contribution >= 0.6 is 12.2 Å². The van der Waals surface area contributed by atoms with Crippen LogP contribution in [0.15, 0.2) is 47.3 Å². The number of aromatic amines is 1. The molecule has 0 fully saturated rings. The standard InChI is InChI=1S/C20H19N3O3S/c1-23-19(25)15-7-6-14(9-16(15)22-20(23)27)18(24)21-10-12-8-13-4-2-3-5-17(13)26-11-12/h2-7,9,12H,8,10-11H2,1H3,(H,21,24)(H,22,27). The zero-order valence-corrected chi connectivity index (χ0v) is 15.6. The van der Waals surface area contributed by atoms with E-state index in [9.17, 15) is 9.59 Å². The highest BCUT2D eigenvalue weighted by Gasteiger charge is 2.20. The van der Waals surface area contributed by atoms with Gasteiger partial charge in [0.05, 0.1) is 17.5 Å². The van der Waals surface area contributed by atoms with Gasteiger partial charge in [-0.15, -0.1) is 0 Å². The maximum Gasteiger partial charge on any atom is 0.261 e. The maximum atomic E-state index is 12.5. The van der Waals surface area contributed by atoms with Crippen molar-refractivity contribution in [3.63, 3.8) is 0 Å². The number of nitrogens with zero attached hydrogens (tertiary/aromatic N) is 1. The van der Waals surface area contributed by atoms with E-state index < -0.39 is 0 Å². The summed E-state index contributed by atoms with van der Waals surface area (Å²) in [7, 11) is 1.62. The second kappa shape index (κ2) is 7.00. The third kappa shape index (κ3) is 3.38. The van der Waals surface area contributed by atoms with E-state index in [0.717, 1.165) is 17.7 Å². The fourth-order valence-corrected chi connectivity index (χ4v) is 3.50. The summed E-state index contributed by atoms with van der Waals surface area (Å²) in [6.45, 7) is 1.11. The molecule has 0 saturated carbocycles. The molecule has 6 nitrogen and oxygen atoms in total. The Labute approximate surface area is 160 Å². The quantitative estimate of drug-likeness (QED) is 0.684. The highest BCUT2D eigenvalue weighted by atomic mass is 32.1. The topological polar surface area (TPSA) is 76.1 Å². The molecule has 0 aliphatic carbocycles. The summed E-state index contributed by atoms with van der Waals surface area (Å²) < 4.78 is 7.46. The van der Waals surface area contributed by atoms with Crippen molar-refractivity contribution in [2.45, 2.75) is 6.42 Å². The zero-order valence-electron chi connectivity index (χ0n) is 14.8. The van der Waals surface area contributed by atoms with E-state index in [4.69, 9.17) is 17.0 Å². The van der Waals surface area contributed by atoms with Gasteiger partial charge in [-0.2, -0.15) is 0 Å². The molecule has 1 aliphatic rings. The summed E-state index contributed by atoms with van der Waals surface area (Å²) in [5.41, 5.74) is 2.03. The maximum absolute atomic E-state index is 12.5. The molecule has 1 aromatic heterocycles. The number of ether oxygens (including phenoxy) is 1. The molecule has 138 valence electrons. The lowest BCUT2D eigenvalue weighted by Crippen LogP contribution is -2.34. The molecule has 3 aromatic rings. The smallest absolute Gasteiger partial charge is 0.261 e. The van der Waals surface area contributed by atoms with Gasteiger partial charge in [0.2, 0.25) is 0 Å². The molecule has 2 N–H and O–H groups in total. The number of benzene rings is 2. The van der Waals surface area contributed by atoms with Crippen molar-refractivity contribution in [3.8, 4) is 5.75 Å². The molecule has 1 atom stereocenters. The van der Waals surface area contributed by atoms with Gasteiger partial charge >= 0.3 is 0 Å². The summed E-state index contributed by atoms with van der Waals surface area (Å²) in [6.07, 6.45) is 0.872. The van der Waals surface area contributed by atoms with Crippen molar-refractivity contribution in [2.75, 3.05) is 13.2 Å². The number of hydrogen-bond acceptors (Lipinski definition) is 4. The van der Waals surface area contributed by atoms with Crippen LogP contribution in [0.25, 0.3) is 10.9 Å². The minimum atomic E-state index is -0.184. The number of H-pyrrole nitrogens is 1. The Kier molecular flexibility index (Phi) is 4.53. The van der Waals surface area contributed by atoms with E-state index in [0.29, 0.717) is 34.4 Å². The summed E-state index contributed by atoms with van der Waals surface area (Å²) in [5.74, 6) is 0.963.